The van der Waals surface area contributed by atoms with Crippen molar-refractivity contribution in [3.63, 3.8) is 0 Å². The van der Waals surface area contributed by atoms with Gasteiger partial charge in [0.15, 0.2) is 0 Å². The Hall–Kier alpha value is 0.234. The minimum absolute atomic E-state index is 0.260. The van der Waals surface area contributed by atoms with Crippen LogP contribution in [0.5, 0.6) is 5.75 Å². The van der Waals surface area contributed by atoms with E-state index in [1.54, 1.807) is 0 Å². The van der Waals surface area contributed by atoms with Gasteiger partial charge >= 0.3 is 64.9 Å². The molecule has 0 aromatic heterocycles. The van der Waals surface area contributed by atoms with Gasteiger partial charge in [-0.1, -0.05) is 120 Å². The normalized spacial score (nSPS) is 16.8. The Labute approximate surface area is 246 Å². The zero-order valence-corrected chi connectivity index (χ0v) is 29.6. The molecule has 0 fully saturated rings. The average molecular weight is 836 g/mol. The van der Waals surface area contributed by atoms with Gasteiger partial charge in [0.2, 0.25) is 0 Å². The molecule has 3 aromatic rings. The van der Waals surface area contributed by atoms with Crippen LogP contribution in [-0.2, 0) is 4.92 Å². The van der Waals surface area contributed by atoms with Crippen molar-refractivity contribution in [2.24, 2.45) is 0 Å². The summed E-state index contributed by atoms with van der Waals surface area (Å²) in [7, 11) is 0. The van der Waals surface area contributed by atoms with Crippen molar-refractivity contribution in [3.8, 4) is 5.75 Å². The fourth-order valence-electron chi connectivity index (χ4n) is 4.04. The van der Waals surface area contributed by atoms with Crippen LogP contribution in [0.1, 0.15) is 83.9 Å². The third kappa shape index (κ3) is 10.7. The van der Waals surface area contributed by atoms with Gasteiger partial charge in [0.25, 0.3) is 0 Å². The minimum atomic E-state index is -0.282. The van der Waals surface area contributed by atoms with Crippen molar-refractivity contribution in [2.75, 3.05) is 0 Å². The maximum atomic E-state index is 6.44. The van der Waals surface area contributed by atoms with Crippen LogP contribution in [-0.4, -0.2) is 5.60 Å². The second kappa shape index (κ2) is 19.4. The molecule has 5 heteroatoms. The summed E-state index contributed by atoms with van der Waals surface area (Å²) in [5.74, 6) is 1.55. The van der Waals surface area contributed by atoms with Crippen molar-refractivity contribution in [1.82, 2.24) is 0 Å². The predicted molar refractivity (Wildman–Crippen MR) is 175 cm³/mol. The third-order valence-corrected chi connectivity index (χ3v) is 5.03. The van der Waals surface area contributed by atoms with Gasteiger partial charge in [0.1, 0.15) is 11.4 Å². The average Bonchev–Trinajstić information content (AvgIpc) is 2.87. The number of ether oxygens (including phenoxy) is 1. The summed E-state index contributed by atoms with van der Waals surface area (Å²) in [6, 6.07) is 30.0. The Morgan fingerprint density at radius 2 is 1.00 bits per heavy atom. The summed E-state index contributed by atoms with van der Waals surface area (Å²) in [5, 5.41) is 0. The van der Waals surface area contributed by atoms with Crippen LogP contribution in [0.4, 0.5) is 0 Å². The van der Waals surface area contributed by atoms with Crippen LogP contribution in [0.3, 0.4) is 0 Å². The standard InChI is InChI=1S/C23H22O.3C2H6.3HI.V/c1-23(2)22(18-13-7-4-8-14-18)21(17-11-5-3-6-12-17)19-15-9-10-16-20(19)24-23;3*1-2;;;;/h3-16,21-22H,1-2H3;3*1-2H3;3*1H;/q;;;;;;;+3/p-3. The fourth-order valence-corrected chi connectivity index (χ4v) is 4.04. The third-order valence-electron chi connectivity index (χ3n) is 5.03. The van der Waals surface area contributed by atoms with Crippen LogP contribution in [0.15, 0.2) is 84.9 Å². The van der Waals surface area contributed by atoms with Crippen LogP contribution in [0.25, 0.3) is 0 Å². The first kappa shape index (κ1) is 34.2. The summed E-state index contributed by atoms with van der Waals surface area (Å²) in [6.07, 6.45) is 0. The molecular formula is C29H40I3OV. The van der Waals surface area contributed by atoms with Gasteiger partial charge < -0.3 is 4.74 Å². The van der Waals surface area contributed by atoms with E-state index in [2.05, 4.69) is 159 Å². The molecule has 0 saturated carbocycles. The second-order valence-electron chi connectivity index (χ2n) is 7.21. The van der Waals surface area contributed by atoms with Crippen molar-refractivity contribution in [3.05, 3.63) is 102 Å². The zero-order chi connectivity index (χ0) is 26.1. The van der Waals surface area contributed by atoms with E-state index in [1.807, 2.05) is 41.5 Å². The number of halogens is 3. The maximum absolute atomic E-state index is 6.44. The Balaban J connectivity index is 0.000000955. The number of rotatable bonds is 2. The Morgan fingerprint density at radius 3 is 1.47 bits per heavy atom. The number of hydrogen-bond acceptors (Lipinski definition) is 1. The van der Waals surface area contributed by atoms with Gasteiger partial charge in [0, 0.05) is 17.4 Å². The zero-order valence-electron chi connectivity index (χ0n) is 21.7. The molecule has 0 N–H and O–H groups in total. The molecule has 2 unspecified atom stereocenters. The van der Waals surface area contributed by atoms with E-state index in [0.29, 0.717) is 0 Å². The molecule has 0 spiro atoms. The second-order valence-corrected chi connectivity index (χ2v) is 42.6. The molecule has 34 heavy (non-hydrogen) atoms. The number of hydrogen-bond donors (Lipinski definition) is 0. The molecule has 0 bridgehead atoms. The van der Waals surface area contributed by atoms with Gasteiger partial charge in [-0.15, -0.1) is 0 Å². The number of benzene rings is 3. The summed E-state index contributed by atoms with van der Waals surface area (Å²) >= 11 is 7.39. The first-order valence-electron chi connectivity index (χ1n) is 12.1. The van der Waals surface area contributed by atoms with E-state index in [-0.39, 0.29) is 22.4 Å². The van der Waals surface area contributed by atoms with Crippen molar-refractivity contribution >= 4 is 59.9 Å². The van der Waals surface area contributed by atoms with Gasteiger partial charge in [-0.3, -0.25) is 0 Å². The van der Waals surface area contributed by atoms with Crippen LogP contribution >= 0.6 is 59.9 Å². The van der Waals surface area contributed by atoms with Gasteiger partial charge in [-0.2, -0.15) is 0 Å². The summed E-state index contributed by atoms with van der Waals surface area (Å²) in [4.78, 5) is -0.278. The molecule has 188 valence electrons. The first-order chi connectivity index (χ1) is 16.4. The van der Waals surface area contributed by atoms with Crippen LogP contribution in [0, 0.1) is 0 Å². The molecule has 1 aliphatic heterocycles. The molecule has 0 radical (unpaired) electrons. The number of fused-ring (bicyclic) bond motifs is 1. The molecule has 1 nitrogen and oxygen atoms in total. The van der Waals surface area contributed by atoms with Gasteiger partial charge in [-0.25, -0.2) is 0 Å². The monoisotopic (exact) mass is 836 g/mol. The van der Waals surface area contributed by atoms with Crippen molar-refractivity contribution in [1.29, 1.82) is 0 Å². The Kier molecular flexibility index (Phi) is 19.5. The van der Waals surface area contributed by atoms with Crippen LogP contribution in [0.2, 0.25) is 0 Å². The molecular weight excluding hydrogens is 796 g/mol. The van der Waals surface area contributed by atoms with E-state index < -0.39 is 0 Å². The van der Waals surface area contributed by atoms with E-state index in [9.17, 15) is 0 Å². The quantitative estimate of drug-likeness (QED) is 0.234. The summed E-state index contributed by atoms with van der Waals surface area (Å²) in [5.41, 5.74) is 3.66. The van der Waals surface area contributed by atoms with E-state index in [0.717, 1.165) is 5.75 Å². The first-order valence-corrected chi connectivity index (χ1v) is 25.6. The van der Waals surface area contributed by atoms with Crippen LogP contribution < -0.4 is 4.74 Å². The van der Waals surface area contributed by atoms with Crippen molar-refractivity contribution < 1.29 is 9.66 Å². The molecule has 1 aliphatic rings. The van der Waals surface area contributed by atoms with E-state index in [1.165, 1.54) is 16.7 Å². The predicted octanol–water partition coefficient (Wildman–Crippen LogP) is 11.5. The van der Waals surface area contributed by atoms with E-state index >= 15 is 0 Å². The van der Waals surface area contributed by atoms with Gasteiger partial charge in [0.05, 0.1) is 0 Å². The number of para-hydroxylation sites is 1. The SMILES string of the molecule is CC.CC.CC.CC1(C)Oc2ccccc2C(c2ccccc2)C1c1ccccc1.[I][V]([I])[I]. The summed E-state index contributed by atoms with van der Waals surface area (Å²) < 4.78 is 6.44. The molecule has 0 aliphatic carbocycles. The molecule has 0 amide bonds. The summed E-state index contributed by atoms with van der Waals surface area (Å²) in [6.45, 7) is 16.4. The molecule has 2 atom stereocenters. The molecule has 3 aromatic carbocycles. The molecule has 4 rings (SSSR count). The Morgan fingerprint density at radius 1 is 0.618 bits per heavy atom. The molecule has 0 saturated heterocycles. The van der Waals surface area contributed by atoms with Gasteiger partial charge in [-0.05, 0) is 31.0 Å². The van der Waals surface area contributed by atoms with Crippen molar-refractivity contribution in [2.45, 2.75) is 72.8 Å². The van der Waals surface area contributed by atoms with E-state index in [4.69, 9.17) is 4.74 Å². The topological polar surface area (TPSA) is 9.23 Å². The molecule has 1 heterocycles. The fraction of sp³-hybridized carbons (Fsp3) is 0.379. The Bertz CT molecular complexity index is 883.